The van der Waals surface area contributed by atoms with E-state index in [2.05, 4.69) is 31.9 Å². The zero-order valence-electron chi connectivity index (χ0n) is 9.59. The number of hydrogen-bond donors (Lipinski definition) is 1. The van der Waals surface area contributed by atoms with Gasteiger partial charge in [-0.15, -0.1) is 0 Å². The van der Waals surface area contributed by atoms with Gasteiger partial charge in [-0.25, -0.2) is 0 Å². The Balaban J connectivity index is 1.85. The molecule has 0 amide bonds. The minimum atomic E-state index is 0.282. The minimum Gasteiger partial charge on any atom is -0.484 e. The highest BCUT2D eigenvalue weighted by Crippen LogP contribution is 2.10. The van der Waals surface area contributed by atoms with Crippen molar-refractivity contribution >= 4 is 0 Å². The van der Waals surface area contributed by atoms with Crippen LogP contribution in [0.1, 0.15) is 18.4 Å². The lowest BCUT2D eigenvalue weighted by molar-refractivity contribution is 0.285. The first kappa shape index (κ1) is 11.5. The van der Waals surface area contributed by atoms with Crippen LogP contribution in [0.3, 0.4) is 0 Å². The van der Waals surface area contributed by atoms with Crippen molar-refractivity contribution in [1.82, 2.24) is 20.4 Å². The van der Waals surface area contributed by atoms with Crippen LogP contribution in [0.15, 0.2) is 29.2 Å². The van der Waals surface area contributed by atoms with E-state index in [9.17, 15) is 0 Å². The van der Waals surface area contributed by atoms with E-state index in [1.807, 2.05) is 12.1 Å². The summed E-state index contributed by atoms with van der Waals surface area (Å²) in [4.78, 5) is 8.12. The Hall–Kier alpha value is -1.95. The Labute approximate surface area is 99.0 Å². The number of nitrogens with zero attached hydrogens (tertiary/aromatic N) is 3. The van der Waals surface area contributed by atoms with Gasteiger partial charge in [0.15, 0.2) is 6.61 Å². The van der Waals surface area contributed by atoms with Gasteiger partial charge in [0.2, 0.25) is 12.2 Å². The molecule has 0 unspecified atom stereocenters. The lowest BCUT2D eigenvalue weighted by atomic mass is 10.3. The first-order chi connectivity index (χ1) is 8.38. The molecule has 0 aliphatic carbocycles. The topological polar surface area (TPSA) is 73.1 Å². The summed E-state index contributed by atoms with van der Waals surface area (Å²) in [6.45, 7) is 4.03. The van der Waals surface area contributed by atoms with Crippen molar-refractivity contribution < 1.29 is 9.26 Å². The standard InChI is InChI=1S/C11H14N4O2/c1-2-12-5-9-3-4-10(6-13-9)16-7-11-14-8-17-15-11/h3-4,6,8,12H,2,5,7H2,1H3. The molecule has 6 nitrogen and oxygen atoms in total. The highest BCUT2D eigenvalue weighted by atomic mass is 16.5. The number of rotatable bonds is 6. The third kappa shape index (κ3) is 3.53. The molecular weight excluding hydrogens is 220 g/mol. The summed E-state index contributed by atoms with van der Waals surface area (Å²) in [7, 11) is 0. The van der Waals surface area contributed by atoms with Gasteiger partial charge in [0.1, 0.15) is 5.75 Å². The van der Waals surface area contributed by atoms with Crippen molar-refractivity contribution in [3.63, 3.8) is 0 Å². The van der Waals surface area contributed by atoms with Crippen LogP contribution in [-0.4, -0.2) is 21.7 Å². The van der Waals surface area contributed by atoms with E-state index in [4.69, 9.17) is 4.74 Å². The molecule has 1 N–H and O–H groups in total. The van der Waals surface area contributed by atoms with Gasteiger partial charge >= 0.3 is 0 Å². The Kier molecular flexibility index (Phi) is 4.04. The lowest BCUT2D eigenvalue weighted by Gasteiger charge is -2.04. The second-order valence-electron chi connectivity index (χ2n) is 3.40. The van der Waals surface area contributed by atoms with Gasteiger partial charge in [0.05, 0.1) is 11.9 Å². The minimum absolute atomic E-state index is 0.282. The molecule has 6 heteroatoms. The van der Waals surface area contributed by atoms with Crippen LogP contribution in [0.5, 0.6) is 5.75 Å². The van der Waals surface area contributed by atoms with E-state index >= 15 is 0 Å². The van der Waals surface area contributed by atoms with Crippen molar-refractivity contribution in [1.29, 1.82) is 0 Å². The van der Waals surface area contributed by atoms with E-state index in [0.29, 0.717) is 11.6 Å². The van der Waals surface area contributed by atoms with Crippen LogP contribution in [-0.2, 0) is 13.2 Å². The lowest BCUT2D eigenvalue weighted by Crippen LogP contribution is -2.12. The number of pyridine rings is 1. The molecule has 90 valence electrons. The van der Waals surface area contributed by atoms with Crippen molar-refractivity contribution in [3.05, 3.63) is 36.2 Å². The fourth-order valence-electron chi connectivity index (χ4n) is 1.26. The second-order valence-corrected chi connectivity index (χ2v) is 3.40. The summed E-state index contributed by atoms with van der Waals surface area (Å²) in [5.74, 6) is 1.21. The average molecular weight is 234 g/mol. The summed E-state index contributed by atoms with van der Waals surface area (Å²) >= 11 is 0. The summed E-state index contributed by atoms with van der Waals surface area (Å²) in [6.07, 6.45) is 2.96. The third-order valence-electron chi connectivity index (χ3n) is 2.13. The molecule has 2 aromatic rings. The maximum atomic E-state index is 5.44. The van der Waals surface area contributed by atoms with Crippen molar-refractivity contribution in [2.75, 3.05) is 6.54 Å². The SMILES string of the molecule is CCNCc1ccc(OCc2ncon2)cn1. The Bertz CT molecular complexity index is 427. The van der Waals surface area contributed by atoms with E-state index in [1.165, 1.54) is 6.39 Å². The Morgan fingerprint density at radius 2 is 2.29 bits per heavy atom. The van der Waals surface area contributed by atoms with Crippen molar-refractivity contribution in [2.24, 2.45) is 0 Å². The van der Waals surface area contributed by atoms with Gasteiger partial charge in [-0.2, -0.15) is 4.98 Å². The van der Waals surface area contributed by atoms with Crippen LogP contribution in [0.4, 0.5) is 0 Å². The van der Waals surface area contributed by atoms with Gasteiger partial charge in [0, 0.05) is 6.54 Å². The van der Waals surface area contributed by atoms with Gasteiger partial charge in [-0.3, -0.25) is 4.98 Å². The van der Waals surface area contributed by atoms with E-state index in [0.717, 1.165) is 18.8 Å². The molecule has 0 radical (unpaired) electrons. The van der Waals surface area contributed by atoms with E-state index < -0.39 is 0 Å². The number of ether oxygens (including phenoxy) is 1. The van der Waals surface area contributed by atoms with Crippen LogP contribution in [0.2, 0.25) is 0 Å². The van der Waals surface area contributed by atoms with Crippen LogP contribution in [0, 0.1) is 0 Å². The van der Waals surface area contributed by atoms with E-state index in [-0.39, 0.29) is 6.61 Å². The normalized spacial score (nSPS) is 10.4. The maximum absolute atomic E-state index is 5.44. The molecular formula is C11H14N4O2. The van der Waals surface area contributed by atoms with Gasteiger partial charge in [0.25, 0.3) is 0 Å². The zero-order chi connectivity index (χ0) is 11.9. The fourth-order valence-corrected chi connectivity index (χ4v) is 1.26. The molecule has 2 rings (SSSR count). The second kappa shape index (κ2) is 5.95. The largest absolute Gasteiger partial charge is 0.484 e. The third-order valence-corrected chi connectivity index (χ3v) is 2.13. The smallest absolute Gasteiger partial charge is 0.213 e. The summed E-state index contributed by atoms with van der Waals surface area (Å²) < 4.78 is 10.0. The molecule has 0 saturated heterocycles. The molecule has 2 aromatic heterocycles. The van der Waals surface area contributed by atoms with Gasteiger partial charge in [-0.05, 0) is 18.7 Å². The van der Waals surface area contributed by atoms with E-state index in [1.54, 1.807) is 6.20 Å². The van der Waals surface area contributed by atoms with Gasteiger partial charge in [-0.1, -0.05) is 12.1 Å². The molecule has 0 saturated carbocycles. The number of aromatic nitrogens is 3. The molecule has 2 heterocycles. The molecule has 0 aliphatic rings. The maximum Gasteiger partial charge on any atom is 0.213 e. The Morgan fingerprint density at radius 1 is 1.35 bits per heavy atom. The van der Waals surface area contributed by atoms with Crippen LogP contribution >= 0.6 is 0 Å². The number of nitrogens with one attached hydrogen (secondary N) is 1. The predicted molar refractivity (Wildman–Crippen MR) is 60.2 cm³/mol. The predicted octanol–water partition coefficient (Wildman–Crippen LogP) is 1.15. The monoisotopic (exact) mass is 234 g/mol. The summed E-state index contributed by atoms with van der Waals surface area (Å²) in [6, 6.07) is 3.80. The molecule has 0 aromatic carbocycles. The first-order valence-electron chi connectivity index (χ1n) is 5.42. The Morgan fingerprint density at radius 3 is 2.94 bits per heavy atom. The highest BCUT2D eigenvalue weighted by Gasteiger charge is 2.00. The quantitative estimate of drug-likeness (QED) is 0.808. The first-order valence-corrected chi connectivity index (χ1v) is 5.42. The zero-order valence-corrected chi connectivity index (χ0v) is 9.59. The molecule has 0 bridgehead atoms. The molecule has 17 heavy (non-hydrogen) atoms. The molecule has 0 aliphatic heterocycles. The fraction of sp³-hybridized carbons (Fsp3) is 0.364. The van der Waals surface area contributed by atoms with Crippen molar-refractivity contribution in [2.45, 2.75) is 20.1 Å². The number of hydrogen-bond acceptors (Lipinski definition) is 6. The molecule has 0 fully saturated rings. The van der Waals surface area contributed by atoms with Crippen LogP contribution in [0.25, 0.3) is 0 Å². The summed E-state index contributed by atoms with van der Waals surface area (Å²) in [5, 5.41) is 6.85. The highest BCUT2D eigenvalue weighted by molar-refractivity contribution is 5.19. The summed E-state index contributed by atoms with van der Waals surface area (Å²) in [5.41, 5.74) is 0.985. The van der Waals surface area contributed by atoms with Crippen LogP contribution < -0.4 is 10.1 Å². The molecule has 0 atom stereocenters. The average Bonchev–Trinajstić information content (AvgIpc) is 2.88. The van der Waals surface area contributed by atoms with Crippen molar-refractivity contribution in [3.8, 4) is 5.75 Å². The molecule has 0 spiro atoms. The van der Waals surface area contributed by atoms with Gasteiger partial charge < -0.3 is 14.6 Å².